The molecule has 0 saturated heterocycles. The zero-order valence-electron chi connectivity index (χ0n) is 7.51. The molecule has 14 heavy (non-hydrogen) atoms. The van der Waals surface area contributed by atoms with Crippen LogP contribution in [0, 0.1) is 13.8 Å². The van der Waals surface area contributed by atoms with Crippen molar-refractivity contribution >= 4 is 31.3 Å². The molecule has 0 radical (unpaired) electrons. The summed E-state index contributed by atoms with van der Waals surface area (Å²) in [5.41, 5.74) is 0.682. The highest BCUT2D eigenvalue weighted by molar-refractivity contribution is 8.13. The number of phenols is 1. The second-order valence-corrected chi connectivity index (χ2v) is 5.83. The third kappa shape index (κ3) is 1.97. The van der Waals surface area contributed by atoms with Crippen LogP contribution in [0.3, 0.4) is 0 Å². The number of aromatic hydroxyl groups is 1. The van der Waals surface area contributed by atoms with Gasteiger partial charge in [-0.2, -0.15) is 0 Å². The molecule has 0 aliphatic rings. The fourth-order valence-corrected chi connectivity index (χ4v) is 3.29. The first-order valence-electron chi connectivity index (χ1n) is 3.68. The summed E-state index contributed by atoms with van der Waals surface area (Å²) in [6, 6.07) is 1.36. The lowest BCUT2D eigenvalue weighted by Crippen LogP contribution is -1.97. The molecule has 3 nitrogen and oxygen atoms in total. The van der Waals surface area contributed by atoms with Crippen LogP contribution in [-0.4, -0.2) is 13.5 Å². The van der Waals surface area contributed by atoms with Gasteiger partial charge in [-0.1, -0.05) is 11.6 Å². The van der Waals surface area contributed by atoms with Gasteiger partial charge in [0.05, 0.1) is 5.02 Å². The van der Waals surface area contributed by atoms with E-state index in [0.717, 1.165) is 0 Å². The van der Waals surface area contributed by atoms with Crippen molar-refractivity contribution in [2.45, 2.75) is 18.7 Å². The van der Waals surface area contributed by atoms with Gasteiger partial charge >= 0.3 is 0 Å². The zero-order chi connectivity index (χ0) is 11.1. The predicted octanol–water partition coefficient (Wildman–Crippen LogP) is 2.59. The van der Waals surface area contributed by atoms with E-state index in [1.165, 1.54) is 13.0 Å². The van der Waals surface area contributed by atoms with Gasteiger partial charge in [0, 0.05) is 16.2 Å². The third-order valence-electron chi connectivity index (χ3n) is 1.87. The second-order valence-electron chi connectivity index (χ2n) is 2.92. The topological polar surface area (TPSA) is 54.4 Å². The van der Waals surface area contributed by atoms with Gasteiger partial charge in [-0.3, -0.25) is 0 Å². The minimum absolute atomic E-state index is 0.0211. The van der Waals surface area contributed by atoms with Gasteiger partial charge in [0.15, 0.2) is 0 Å². The Bertz CT molecular complexity index is 480. The van der Waals surface area contributed by atoms with Gasteiger partial charge in [0.2, 0.25) is 0 Å². The van der Waals surface area contributed by atoms with Gasteiger partial charge in [0.1, 0.15) is 10.6 Å². The van der Waals surface area contributed by atoms with Crippen LogP contribution >= 0.6 is 22.3 Å². The maximum absolute atomic E-state index is 11.1. The van der Waals surface area contributed by atoms with Crippen LogP contribution in [0.1, 0.15) is 11.1 Å². The van der Waals surface area contributed by atoms with Crippen molar-refractivity contribution in [2.24, 2.45) is 0 Å². The van der Waals surface area contributed by atoms with E-state index in [0.29, 0.717) is 5.56 Å². The van der Waals surface area contributed by atoms with E-state index in [9.17, 15) is 13.5 Å². The molecular weight excluding hydrogens is 247 g/mol. The minimum Gasteiger partial charge on any atom is -0.507 e. The Balaban J connectivity index is 3.70. The number of hydrogen-bond acceptors (Lipinski definition) is 3. The van der Waals surface area contributed by atoms with E-state index in [-0.39, 0.29) is 21.2 Å². The SMILES string of the molecule is Cc1cc(Cl)c(S(=O)(=O)Cl)c(C)c1O. The molecule has 0 atom stereocenters. The fraction of sp³-hybridized carbons (Fsp3) is 0.250. The monoisotopic (exact) mass is 254 g/mol. The summed E-state index contributed by atoms with van der Waals surface area (Å²) in [5, 5.41) is 9.51. The van der Waals surface area contributed by atoms with Crippen LogP contribution < -0.4 is 0 Å². The summed E-state index contributed by atoms with van der Waals surface area (Å²) in [7, 11) is 1.25. The fourth-order valence-electron chi connectivity index (χ4n) is 1.21. The predicted molar refractivity (Wildman–Crippen MR) is 55.6 cm³/mol. The lowest BCUT2D eigenvalue weighted by Gasteiger charge is -2.09. The van der Waals surface area contributed by atoms with Gasteiger partial charge in [-0.15, -0.1) is 0 Å². The number of halogens is 2. The number of aryl methyl sites for hydroxylation is 1. The van der Waals surface area contributed by atoms with E-state index in [1.807, 2.05) is 0 Å². The maximum Gasteiger partial charge on any atom is 0.263 e. The summed E-state index contributed by atoms with van der Waals surface area (Å²) in [6.07, 6.45) is 0. The molecule has 0 spiro atoms. The first-order valence-corrected chi connectivity index (χ1v) is 6.37. The van der Waals surface area contributed by atoms with Crippen LogP contribution in [0.2, 0.25) is 5.02 Å². The summed E-state index contributed by atoms with van der Waals surface area (Å²) in [4.78, 5) is -0.232. The van der Waals surface area contributed by atoms with Crippen LogP contribution in [0.5, 0.6) is 5.75 Å². The van der Waals surface area contributed by atoms with Crippen molar-refractivity contribution in [3.63, 3.8) is 0 Å². The Hall–Kier alpha value is -0.450. The smallest absolute Gasteiger partial charge is 0.263 e. The average Bonchev–Trinajstić information content (AvgIpc) is 1.97. The molecule has 0 bridgehead atoms. The second kappa shape index (κ2) is 3.61. The minimum atomic E-state index is -3.92. The molecule has 0 aliphatic carbocycles. The Morgan fingerprint density at radius 2 is 1.86 bits per heavy atom. The van der Waals surface area contributed by atoms with E-state index in [2.05, 4.69) is 0 Å². The first-order chi connectivity index (χ1) is 6.25. The van der Waals surface area contributed by atoms with Gasteiger partial charge < -0.3 is 5.11 Å². The highest BCUT2D eigenvalue weighted by Crippen LogP contribution is 2.35. The van der Waals surface area contributed by atoms with Crippen LogP contribution in [0.25, 0.3) is 0 Å². The zero-order valence-corrected chi connectivity index (χ0v) is 9.83. The lowest BCUT2D eigenvalue weighted by molar-refractivity contribution is 0.464. The van der Waals surface area contributed by atoms with Crippen LogP contribution in [0.15, 0.2) is 11.0 Å². The van der Waals surface area contributed by atoms with Crippen molar-refractivity contribution in [2.75, 3.05) is 0 Å². The number of hydrogen-bond donors (Lipinski definition) is 1. The quantitative estimate of drug-likeness (QED) is 0.784. The van der Waals surface area contributed by atoms with Crippen molar-refractivity contribution in [3.05, 3.63) is 22.2 Å². The Kier molecular flexibility index (Phi) is 2.99. The van der Waals surface area contributed by atoms with Crippen molar-refractivity contribution in [3.8, 4) is 5.75 Å². The van der Waals surface area contributed by atoms with E-state index in [1.54, 1.807) is 6.92 Å². The number of rotatable bonds is 1. The Morgan fingerprint density at radius 3 is 2.29 bits per heavy atom. The van der Waals surface area contributed by atoms with Crippen LogP contribution in [0.4, 0.5) is 0 Å². The molecule has 78 valence electrons. The number of benzene rings is 1. The average molecular weight is 255 g/mol. The largest absolute Gasteiger partial charge is 0.507 e. The summed E-state index contributed by atoms with van der Waals surface area (Å²) in [6.45, 7) is 3.07. The molecular formula is C8H8Cl2O3S. The molecule has 0 aliphatic heterocycles. The summed E-state index contributed by atoms with van der Waals surface area (Å²) >= 11 is 5.72. The van der Waals surface area contributed by atoms with Crippen molar-refractivity contribution in [1.82, 2.24) is 0 Å². The van der Waals surface area contributed by atoms with E-state index in [4.69, 9.17) is 22.3 Å². The van der Waals surface area contributed by atoms with E-state index < -0.39 is 9.05 Å². The Morgan fingerprint density at radius 1 is 1.36 bits per heavy atom. The molecule has 1 aromatic carbocycles. The third-order valence-corrected chi connectivity index (χ3v) is 3.76. The molecule has 6 heteroatoms. The van der Waals surface area contributed by atoms with Crippen molar-refractivity contribution in [1.29, 1.82) is 0 Å². The molecule has 0 aromatic heterocycles. The molecule has 0 heterocycles. The molecule has 0 unspecified atom stereocenters. The molecule has 1 aromatic rings. The summed E-state index contributed by atoms with van der Waals surface area (Å²) in [5.74, 6) is -0.103. The molecule has 0 fully saturated rings. The maximum atomic E-state index is 11.1. The highest BCUT2D eigenvalue weighted by Gasteiger charge is 2.21. The number of phenolic OH excluding ortho intramolecular Hbond substituents is 1. The normalized spacial score (nSPS) is 11.7. The lowest BCUT2D eigenvalue weighted by atomic mass is 10.1. The molecule has 0 saturated carbocycles. The molecule has 1 N–H and O–H groups in total. The van der Waals surface area contributed by atoms with Crippen molar-refractivity contribution < 1.29 is 13.5 Å². The van der Waals surface area contributed by atoms with Crippen LogP contribution in [-0.2, 0) is 9.05 Å². The standard InChI is InChI=1S/C8H8Cl2O3S/c1-4-3-6(9)8(14(10,12)13)5(2)7(4)11/h3,11H,1-2H3. The van der Waals surface area contributed by atoms with Gasteiger partial charge in [0.25, 0.3) is 9.05 Å². The summed E-state index contributed by atoms with van der Waals surface area (Å²) < 4.78 is 22.2. The highest BCUT2D eigenvalue weighted by atomic mass is 35.7. The molecule has 0 amide bonds. The first kappa shape index (κ1) is 11.6. The Labute approximate surface area is 91.7 Å². The van der Waals surface area contributed by atoms with Gasteiger partial charge in [-0.05, 0) is 25.5 Å². The van der Waals surface area contributed by atoms with E-state index >= 15 is 0 Å². The molecule has 1 rings (SSSR count). The van der Waals surface area contributed by atoms with Gasteiger partial charge in [-0.25, -0.2) is 8.42 Å².